The molecule has 0 saturated heterocycles. The molecule has 7 heteroatoms. The lowest BCUT2D eigenvalue weighted by molar-refractivity contribution is -0.137. The van der Waals surface area contributed by atoms with Crippen molar-refractivity contribution >= 4 is 52.0 Å². The molecule has 2 heterocycles. The lowest BCUT2D eigenvalue weighted by atomic mass is 10.3. The zero-order valence-electron chi connectivity index (χ0n) is 12.1. The summed E-state index contributed by atoms with van der Waals surface area (Å²) in [6.07, 6.45) is 1.53. The lowest BCUT2D eigenvalue weighted by Gasteiger charge is -2.05. The Balaban J connectivity index is 2.14. The molecule has 0 spiro atoms. The SMILES string of the molecule is Cc1c(Sc2ccc(Cl)cc2)c2cc(Cl)cnc2n1CC(=O)O. The Kier molecular flexibility index (Phi) is 4.53. The average molecular weight is 367 g/mol. The van der Waals surface area contributed by atoms with E-state index in [0.717, 1.165) is 20.9 Å². The van der Waals surface area contributed by atoms with Crippen LogP contribution < -0.4 is 0 Å². The Morgan fingerprint density at radius 3 is 2.61 bits per heavy atom. The molecule has 0 fully saturated rings. The number of hydrogen-bond acceptors (Lipinski definition) is 3. The summed E-state index contributed by atoms with van der Waals surface area (Å²) in [5.74, 6) is -0.912. The lowest BCUT2D eigenvalue weighted by Crippen LogP contribution is -2.10. The van der Waals surface area contributed by atoms with Crippen LogP contribution in [0, 0.1) is 6.92 Å². The minimum Gasteiger partial charge on any atom is -0.480 e. The summed E-state index contributed by atoms with van der Waals surface area (Å²) in [4.78, 5) is 17.4. The highest BCUT2D eigenvalue weighted by atomic mass is 35.5. The van der Waals surface area contributed by atoms with Crippen LogP contribution in [0.2, 0.25) is 10.0 Å². The summed E-state index contributed by atoms with van der Waals surface area (Å²) in [6.45, 7) is 1.74. The highest BCUT2D eigenvalue weighted by Crippen LogP contribution is 2.38. The van der Waals surface area contributed by atoms with Gasteiger partial charge in [0.05, 0.1) is 5.02 Å². The summed E-state index contributed by atoms with van der Waals surface area (Å²) in [5, 5.41) is 11.2. The van der Waals surface area contributed by atoms with Gasteiger partial charge in [-0.1, -0.05) is 35.0 Å². The summed E-state index contributed by atoms with van der Waals surface area (Å²) < 4.78 is 1.69. The quantitative estimate of drug-likeness (QED) is 0.714. The highest BCUT2D eigenvalue weighted by Gasteiger charge is 2.18. The Morgan fingerprint density at radius 2 is 1.96 bits per heavy atom. The molecule has 4 nitrogen and oxygen atoms in total. The van der Waals surface area contributed by atoms with E-state index in [0.29, 0.717) is 15.7 Å². The number of halogens is 2. The minimum absolute atomic E-state index is 0.141. The fourth-order valence-corrected chi connectivity index (χ4v) is 3.68. The van der Waals surface area contributed by atoms with Crippen molar-refractivity contribution in [3.05, 3.63) is 52.3 Å². The topological polar surface area (TPSA) is 55.1 Å². The minimum atomic E-state index is -0.912. The number of aliphatic carboxylic acids is 1. The third-order valence-electron chi connectivity index (χ3n) is 3.39. The summed E-state index contributed by atoms with van der Waals surface area (Å²) in [6, 6.07) is 9.30. The van der Waals surface area contributed by atoms with Gasteiger partial charge in [-0.05, 0) is 37.3 Å². The van der Waals surface area contributed by atoms with E-state index in [1.54, 1.807) is 4.57 Å². The zero-order valence-corrected chi connectivity index (χ0v) is 14.4. The highest BCUT2D eigenvalue weighted by molar-refractivity contribution is 7.99. The molecule has 0 aliphatic rings. The molecule has 0 unspecified atom stereocenters. The molecule has 0 radical (unpaired) electrons. The van der Waals surface area contributed by atoms with Gasteiger partial charge < -0.3 is 9.67 Å². The number of fused-ring (bicyclic) bond motifs is 1. The number of pyridine rings is 1. The van der Waals surface area contributed by atoms with Crippen molar-refractivity contribution in [1.82, 2.24) is 9.55 Å². The Hall–Kier alpha value is -1.69. The van der Waals surface area contributed by atoms with E-state index in [1.807, 2.05) is 37.3 Å². The van der Waals surface area contributed by atoms with Gasteiger partial charge in [-0.15, -0.1) is 0 Å². The largest absolute Gasteiger partial charge is 0.480 e. The van der Waals surface area contributed by atoms with Crippen molar-refractivity contribution in [1.29, 1.82) is 0 Å². The molecule has 0 bridgehead atoms. The van der Waals surface area contributed by atoms with E-state index in [4.69, 9.17) is 28.3 Å². The van der Waals surface area contributed by atoms with Gasteiger partial charge in [0, 0.05) is 32.1 Å². The van der Waals surface area contributed by atoms with E-state index in [-0.39, 0.29) is 6.54 Å². The molecule has 3 rings (SSSR count). The first-order valence-electron chi connectivity index (χ1n) is 6.75. The van der Waals surface area contributed by atoms with Gasteiger partial charge in [0.15, 0.2) is 0 Å². The van der Waals surface area contributed by atoms with Gasteiger partial charge in [-0.2, -0.15) is 0 Å². The van der Waals surface area contributed by atoms with Crippen LogP contribution in [-0.2, 0) is 11.3 Å². The maximum Gasteiger partial charge on any atom is 0.323 e. The molecule has 23 heavy (non-hydrogen) atoms. The van der Waals surface area contributed by atoms with Crippen molar-refractivity contribution in [2.75, 3.05) is 0 Å². The fraction of sp³-hybridized carbons (Fsp3) is 0.125. The number of hydrogen-bond donors (Lipinski definition) is 1. The third-order valence-corrected chi connectivity index (χ3v) is 5.08. The first-order valence-corrected chi connectivity index (χ1v) is 8.32. The first kappa shape index (κ1) is 16.2. The third kappa shape index (κ3) is 3.32. The van der Waals surface area contributed by atoms with E-state index in [1.165, 1.54) is 18.0 Å². The van der Waals surface area contributed by atoms with Crippen molar-refractivity contribution in [3.63, 3.8) is 0 Å². The molecule has 118 valence electrons. The fourth-order valence-electron chi connectivity index (χ4n) is 2.37. The van der Waals surface area contributed by atoms with Gasteiger partial charge in [0.25, 0.3) is 0 Å². The molecule has 0 aliphatic heterocycles. The number of carboxylic acid groups (broad SMARTS) is 1. The van der Waals surface area contributed by atoms with Crippen molar-refractivity contribution in [3.8, 4) is 0 Å². The van der Waals surface area contributed by atoms with Gasteiger partial charge in [0.2, 0.25) is 0 Å². The maximum absolute atomic E-state index is 11.1. The monoisotopic (exact) mass is 366 g/mol. The van der Waals surface area contributed by atoms with Crippen molar-refractivity contribution in [2.45, 2.75) is 23.3 Å². The van der Waals surface area contributed by atoms with E-state index in [9.17, 15) is 4.79 Å². The number of nitrogens with zero attached hydrogens (tertiary/aromatic N) is 2. The molecular formula is C16H12Cl2N2O2S. The Labute approximate surface area is 147 Å². The van der Waals surface area contributed by atoms with E-state index in [2.05, 4.69) is 4.98 Å². The molecule has 1 aromatic carbocycles. The smallest absolute Gasteiger partial charge is 0.323 e. The van der Waals surface area contributed by atoms with Gasteiger partial charge >= 0.3 is 5.97 Å². The van der Waals surface area contributed by atoms with Crippen LogP contribution in [0.5, 0.6) is 0 Å². The molecule has 0 atom stereocenters. The van der Waals surface area contributed by atoms with Crippen LogP contribution in [-0.4, -0.2) is 20.6 Å². The predicted octanol–water partition coefficient (Wildman–Crippen LogP) is 4.89. The second kappa shape index (κ2) is 6.43. The van der Waals surface area contributed by atoms with Gasteiger partial charge in [-0.25, -0.2) is 4.98 Å². The Bertz CT molecular complexity index is 891. The van der Waals surface area contributed by atoms with E-state index < -0.39 is 5.97 Å². The van der Waals surface area contributed by atoms with Crippen LogP contribution in [0.1, 0.15) is 5.69 Å². The van der Waals surface area contributed by atoms with Gasteiger partial charge in [0.1, 0.15) is 12.2 Å². The number of benzene rings is 1. The van der Waals surface area contributed by atoms with Gasteiger partial charge in [-0.3, -0.25) is 4.79 Å². The van der Waals surface area contributed by atoms with Crippen molar-refractivity contribution < 1.29 is 9.90 Å². The Morgan fingerprint density at radius 1 is 1.26 bits per heavy atom. The second-order valence-corrected chi connectivity index (χ2v) is 6.93. The number of carboxylic acids is 1. The zero-order chi connectivity index (χ0) is 16.6. The molecule has 1 N–H and O–H groups in total. The molecule has 2 aromatic heterocycles. The number of rotatable bonds is 4. The summed E-state index contributed by atoms with van der Waals surface area (Å²) in [7, 11) is 0. The molecule has 0 saturated carbocycles. The van der Waals surface area contributed by atoms with Crippen LogP contribution in [0.3, 0.4) is 0 Å². The molecule has 0 aliphatic carbocycles. The standard InChI is InChI=1S/C16H12Cl2N2O2S/c1-9-15(23-12-4-2-10(17)3-5-12)13-6-11(18)7-19-16(13)20(9)8-14(21)22/h2-7H,8H2,1H3,(H,21,22). The van der Waals surface area contributed by atoms with Crippen molar-refractivity contribution in [2.24, 2.45) is 0 Å². The number of carbonyl (C=O) groups is 1. The summed E-state index contributed by atoms with van der Waals surface area (Å²) >= 11 is 13.5. The maximum atomic E-state index is 11.1. The summed E-state index contributed by atoms with van der Waals surface area (Å²) in [5.41, 5.74) is 1.46. The van der Waals surface area contributed by atoms with Crippen LogP contribution in [0.25, 0.3) is 11.0 Å². The van der Waals surface area contributed by atoms with Crippen LogP contribution in [0.4, 0.5) is 0 Å². The number of aromatic nitrogens is 2. The van der Waals surface area contributed by atoms with Crippen LogP contribution in [0.15, 0.2) is 46.3 Å². The molecular weight excluding hydrogens is 355 g/mol. The second-order valence-electron chi connectivity index (χ2n) is 4.98. The first-order chi connectivity index (χ1) is 11.0. The van der Waals surface area contributed by atoms with Crippen LogP contribution >= 0.6 is 35.0 Å². The normalized spacial score (nSPS) is 11.1. The average Bonchev–Trinajstić information content (AvgIpc) is 2.74. The predicted molar refractivity (Wildman–Crippen MR) is 92.7 cm³/mol. The molecule has 3 aromatic rings. The van der Waals surface area contributed by atoms with E-state index >= 15 is 0 Å². The molecule has 0 amide bonds.